The van der Waals surface area contributed by atoms with Gasteiger partial charge in [-0.2, -0.15) is 0 Å². The van der Waals surface area contributed by atoms with Crippen molar-refractivity contribution < 1.29 is 14.3 Å². The zero-order chi connectivity index (χ0) is 15.1. The van der Waals surface area contributed by atoms with Gasteiger partial charge in [-0.25, -0.2) is 4.79 Å². The maximum atomic E-state index is 11.0. The molecule has 108 valence electrons. The lowest BCUT2D eigenvalue weighted by molar-refractivity contribution is -0.138. The smallest absolute Gasteiger partial charge is 0.330 e. The standard InChI is InChI=1S/C18H18O3/c1-3-18(19)21-13-14-7-9-16(10-8-14)15-5-4-6-17(20-2)12-11-15/h3-5,7-12H,1,6,13H2,2H3. The van der Waals surface area contributed by atoms with Gasteiger partial charge in [-0.05, 0) is 22.8 Å². The van der Waals surface area contributed by atoms with E-state index in [1.54, 1.807) is 7.11 Å². The van der Waals surface area contributed by atoms with Gasteiger partial charge in [-0.15, -0.1) is 0 Å². The summed E-state index contributed by atoms with van der Waals surface area (Å²) in [6.07, 6.45) is 10.1. The average Bonchev–Trinajstić information content (AvgIpc) is 2.78. The third-order valence-electron chi connectivity index (χ3n) is 3.16. The molecule has 0 atom stereocenters. The number of benzene rings is 1. The van der Waals surface area contributed by atoms with Gasteiger partial charge in [0.05, 0.1) is 12.9 Å². The van der Waals surface area contributed by atoms with Gasteiger partial charge < -0.3 is 9.47 Å². The van der Waals surface area contributed by atoms with E-state index in [0.29, 0.717) is 0 Å². The van der Waals surface area contributed by atoms with Crippen LogP contribution < -0.4 is 0 Å². The fourth-order valence-electron chi connectivity index (χ4n) is 1.96. The van der Waals surface area contributed by atoms with Gasteiger partial charge in [0.2, 0.25) is 0 Å². The van der Waals surface area contributed by atoms with Gasteiger partial charge >= 0.3 is 5.97 Å². The lowest BCUT2D eigenvalue weighted by atomic mass is 10.0. The highest BCUT2D eigenvalue weighted by Gasteiger charge is 2.03. The first kappa shape index (κ1) is 14.9. The summed E-state index contributed by atoms with van der Waals surface area (Å²) in [5.74, 6) is 0.528. The molecular formula is C18H18O3. The molecule has 0 N–H and O–H groups in total. The van der Waals surface area contributed by atoms with Crippen molar-refractivity contribution in [2.45, 2.75) is 13.0 Å². The Hall–Kier alpha value is -2.55. The predicted octanol–water partition coefficient (Wildman–Crippen LogP) is 3.79. The van der Waals surface area contributed by atoms with Crippen molar-refractivity contribution in [3.8, 4) is 0 Å². The van der Waals surface area contributed by atoms with Crippen LogP contribution in [0.2, 0.25) is 0 Å². The van der Waals surface area contributed by atoms with Crippen molar-refractivity contribution in [2.75, 3.05) is 7.11 Å². The van der Waals surface area contributed by atoms with Crippen molar-refractivity contribution in [1.82, 2.24) is 0 Å². The normalized spacial score (nSPS) is 13.8. The Morgan fingerprint density at radius 1 is 1.29 bits per heavy atom. The van der Waals surface area contributed by atoms with Crippen LogP contribution in [0.25, 0.3) is 5.57 Å². The summed E-state index contributed by atoms with van der Waals surface area (Å²) in [5, 5.41) is 0. The van der Waals surface area contributed by atoms with Crippen molar-refractivity contribution in [2.24, 2.45) is 0 Å². The number of carbonyl (C=O) groups is 1. The summed E-state index contributed by atoms with van der Waals surface area (Å²) in [7, 11) is 1.68. The summed E-state index contributed by atoms with van der Waals surface area (Å²) < 4.78 is 10.2. The van der Waals surface area contributed by atoms with Crippen LogP contribution in [0.5, 0.6) is 0 Å². The van der Waals surface area contributed by atoms with Crippen molar-refractivity contribution in [1.29, 1.82) is 0 Å². The molecule has 0 saturated carbocycles. The first-order valence-corrected chi connectivity index (χ1v) is 6.73. The maximum Gasteiger partial charge on any atom is 0.330 e. The zero-order valence-corrected chi connectivity index (χ0v) is 12.0. The fraction of sp³-hybridized carbons (Fsp3) is 0.167. The zero-order valence-electron chi connectivity index (χ0n) is 12.0. The summed E-state index contributed by atoms with van der Waals surface area (Å²) in [4.78, 5) is 11.0. The van der Waals surface area contributed by atoms with E-state index in [1.165, 1.54) is 0 Å². The second-order valence-electron chi connectivity index (χ2n) is 4.57. The van der Waals surface area contributed by atoms with Crippen molar-refractivity contribution in [3.05, 3.63) is 78.1 Å². The van der Waals surface area contributed by atoms with Crippen LogP contribution in [0.4, 0.5) is 0 Å². The third-order valence-corrected chi connectivity index (χ3v) is 3.16. The minimum absolute atomic E-state index is 0.258. The molecule has 0 spiro atoms. The summed E-state index contributed by atoms with van der Waals surface area (Å²) in [6.45, 7) is 3.62. The monoisotopic (exact) mass is 282 g/mol. The molecule has 0 bridgehead atoms. The van der Waals surface area contributed by atoms with Crippen LogP contribution in [0.3, 0.4) is 0 Å². The molecule has 1 aliphatic rings. The third kappa shape index (κ3) is 4.21. The molecule has 0 fully saturated rings. The molecule has 0 aromatic heterocycles. The van der Waals surface area contributed by atoms with E-state index in [2.05, 4.69) is 18.7 Å². The molecule has 3 nitrogen and oxygen atoms in total. The van der Waals surface area contributed by atoms with E-state index in [4.69, 9.17) is 9.47 Å². The molecule has 0 unspecified atom stereocenters. The lowest BCUT2D eigenvalue weighted by Crippen LogP contribution is -2.00. The molecule has 0 amide bonds. The van der Waals surface area contributed by atoms with Crippen molar-refractivity contribution in [3.63, 3.8) is 0 Å². The first-order chi connectivity index (χ1) is 10.2. The Kier molecular flexibility index (Phi) is 5.16. The molecule has 2 rings (SSSR count). The minimum Gasteiger partial charge on any atom is -0.501 e. The highest BCUT2D eigenvalue weighted by atomic mass is 16.5. The van der Waals surface area contributed by atoms with Gasteiger partial charge in [-0.3, -0.25) is 0 Å². The molecule has 0 aliphatic heterocycles. The largest absolute Gasteiger partial charge is 0.501 e. The number of hydrogen-bond donors (Lipinski definition) is 0. The minimum atomic E-state index is -0.411. The van der Waals surface area contributed by atoms with E-state index in [1.807, 2.05) is 36.4 Å². The second-order valence-corrected chi connectivity index (χ2v) is 4.57. The van der Waals surface area contributed by atoms with E-state index in [-0.39, 0.29) is 6.61 Å². The lowest BCUT2D eigenvalue weighted by Gasteiger charge is -2.05. The molecule has 0 radical (unpaired) electrons. The van der Waals surface area contributed by atoms with Crippen LogP contribution in [0.15, 0.2) is 67.0 Å². The second kappa shape index (κ2) is 7.29. The summed E-state index contributed by atoms with van der Waals surface area (Å²) >= 11 is 0. The maximum absolute atomic E-state index is 11.0. The van der Waals surface area contributed by atoms with Crippen LogP contribution in [0.1, 0.15) is 17.5 Å². The van der Waals surface area contributed by atoms with Gasteiger partial charge in [-0.1, -0.05) is 49.1 Å². The van der Waals surface area contributed by atoms with Gasteiger partial charge in [0.1, 0.15) is 6.61 Å². The van der Waals surface area contributed by atoms with Gasteiger partial charge in [0, 0.05) is 12.5 Å². The molecular weight excluding hydrogens is 264 g/mol. The van der Waals surface area contributed by atoms with E-state index >= 15 is 0 Å². The first-order valence-electron chi connectivity index (χ1n) is 6.73. The Morgan fingerprint density at radius 2 is 2.05 bits per heavy atom. The fourth-order valence-corrected chi connectivity index (χ4v) is 1.96. The average molecular weight is 282 g/mol. The number of carbonyl (C=O) groups excluding carboxylic acids is 1. The summed E-state index contributed by atoms with van der Waals surface area (Å²) in [6, 6.07) is 7.93. The highest BCUT2D eigenvalue weighted by molar-refractivity contribution is 5.81. The Morgan fingerprint density at radius 3 is 2.71 bits per heavy atom. The predicted molar refractivity (Wildman–Crippen MR) is 83.3 cm³/mol. The topological polar surface area (TPSA) is 35.5 Å². The number of hydrogen-bond acceptors (Lipinski definition) is 3. The molecule has 3 heteroatoms. The van der Waals surface area contributed by atoms with Gasteiger partial charge in [0.25, 0.3) is 0 Å². The van der Waals surface area contributed by atoms with Crippen LogP contribution in [-0.2, 0) is 20.9 Å². The molecule has 1 aromatic carbocycles. The number of rotatable bonds is 5. The molecule has 0 saturated heterocycles. The van der Waals surface area contributed by atoms with E-state index in [0.717, 1.165) is 35.0 Å². The quantitative estimate of drug-likeness (QED) is 0.609. The SMILES string of the molecule is C=CC(=O)OCc1ccc(C2=CC=C(OC)CC=C2)cc1. The van der Waals surface area contributed by atoms with Crippen LogP contribution in [-0.4, -0.2) is 13.1 Å². The Labute approximate surface area is 124 Å². The number of esters is 1. The molecule has 21 heavy (non-hydrogen) atoms. The molecule has 1 aliphatic carbocycles. The van der Waals surface area contributed by atoms with E-state index < -0.39 is 5.97 Å². The Bertz CT molecular complexity index is 604. The van der Waals surface area contributed by atoms with E-state index in [9.17, 15) is 4.79 Å². The number of methoxy groups -OCH3 is 1. The van der Waals surface area contributed by atoms with Crippen LogP contribution >= 0.6 is 0 Å². The van der Waals surface area contributed by atoms with Crippen LogP contribution in [0, 0.1) is 0 Å². The molecule has 0 heterocycles. The summed E-state index contributed by atoms with van der Waals surface area (Å²) in [5.41, 5.74) is 3.18. The molecule has 1 aromatic rings. The number of allylic oxidation sites excluding steroid dienone is 5. The Balaban J connectivity index is 2.08. The highest BCUT2D eigenvalue weighted by Crippen LogP contribution is 2.21. The number of ether oxygens (including phenoxy) is 2. The van der Waals surface area contributed by atoms with Crippen molar-refractivity contribution >= 4 is 11.5 Å². The van der Waals surface area contributed by atoms with Gasteiger partial charge in [0.15, 0.2) is 0 Å².